The number of benzene rings is 1. The van der Waals surface area contributed by atoms with Crippen LogP contribution in [0.5, 0.6) is 0 Å². The summed E-state index contributed by atoms with van der Waals surface area (Å²) in [5, 5.41) is 1.18. The maximum atomic E-state index is 6.28. The summed E-state index contributed by atoms with van der Waals surface area (Å²) in [7, 11) is -2.28. The Hall–Kier alpha value is -0.163. The van der Waals surface area contributed by atoms with Crippen molar-refractivity contribution in [1.29, 1.82) is 0 Å². The van der Waals surface area contributed by atoms with Crippen LogP contribution in [-0.2, 0) is 8.85 Å². The fourth-order valence-corrected chi connectivity index (χ4v) is 5.86. The Kier molecular flexibility index (Phi) is 3.06. The van der Waals surface area contributed by atoms with Gasteiger partial charge in [-0.15, -0.1) is 0 Å². The van der Waals surface area contributed by atoms with Gasteiger partial charge in [0.2, 0.25) is 0 Å². The molecule has 1 aromatic carbocycles. The molecule has 0 aliphatic carbocycles. The normalized spacial score (nSPS) is 24.8. The van der Waals surface area contributed by atoms with Crippen molar-refractivity contribution < 1.29 is 8.85 Å². The quantitative estimate of drug-likeness (QED) is 0.740. The van der Waals surface area contributed by atoms with Crippen molar-refractivity contribution in [3.05, 3.63) is 28.7 Å². The van der Waals surface area contributed by atoms with Crippen molar-refractivity contribution in [1.82, 2.24) is 0 Å². The molecule has 1 fully saturated rings. The van der Waals surface area contributed by atoms with E-state index in [-0.39, 0.29) is 11.2 Å². The molecule has 1 aliphatic rings. The Bertz CT molecular complexity index is 410. The highest BCUT2D eigenvalue weighted by Crippen LogP contribution is 2.41. The third-order valence-electron chi connectivity index (χ3n) is 3.72. The Balaban J connectivity index is 2.37. The fraction of sp³-hybridized carbons (Fsp3) is 0.538. The van der Waals surface area contributed by atoms with Crippen molar-refractivity contribution in [3.8, 4) is 0 Å². The molecule has 0 N–H and O–H groups in total. The van der Waals surface area contributed by atoms with Crippen LogP contribution in [0.4, 0.5) is 0 Å². The average molecular weight is 315 g/mol. The summed E-state index contributed by atoms with van der Waals surface area (Å²) in [6, 6.07) is 8.26. The van der Waals surface area contributed by atoms with E-state index in [1.54, 1.807) is 0 Å². The van der Waals surface area contributed by atoms with Gasteiger partial charge in [-0.1, -0.05) is 28.1 Å². The molecule has 0 unspecified atom stereocenters. The van der Waals surface area contributed by atoms with E-state index < -0.39 is 8.56 Å². The molecule has 0 radical (unpaired) electrons. The lowest BCUT2D eigenvalue weighted by Gasteiger charge is -2.31. The summed E-state index contributed by atoms with van der Waals surface area (Å²) in [4.78, 5) is 0. The second kappa shape index (κ2) is 3.92. The number of rotatable bonds is 1. The molecule has 0 atom stereocenters. The SMILES string of the molecule is CC1(C)O[Si](C)(c2ccc(Br)cc2)OC1(C)C. The van der Waals surface area contributed by atoms with Gasteiger partial charge in [0.1, 0.15) is 0 Å². The maximum absolute atomic E-state index is 6.28. The van der Waals surface area contributed by atoms with Gasteiger partial charge in [-0.2, -0.15) is 0 Å². The molecule has 0 spiro atoms. The predicted molar refractivity (Wildman–Crippen MR) is 75.7 cm³/mol. The molecule has 1 saturated heterocycles. The van der Waals surface area contributed by atoms with E-state index in [0.717, 1.165) is 4.47 Å². The molecule has 0 bridgehead atoms. The molecule has 1 aromatic rings. The maximum Gasteiger partial charge on any atom is 0.370 e. The van der Waals surface area contributed by atoms with Crippen LogP contribution in [0.3, 0.4) is 0 Å². The van der Waals surface area contributed by atoms with Crippen LogP contribution in [-0.4, -0.2) is 19.8 Å². The van der Waals surface area contributed by atoms with Crippen molar-refractivity contribution in [2.75, 3.05) is 0 Å². The van der Waals surface area contributed by atoms with Crippen molar-refractivity contribution >= 4 is 29.7 Å². The molecule has 0 saturated carbocycles. The minimum atomic E-state index is -2.28. The second-order valence-corrected chi connectivity index (χ2v) is 9.47. The molecule has 17 heavy (non-hydrogen) atoms. The van der Waals surface area contributed by atoms with Gasteiger partial charge in [0.05, 0.1) is 11.2 Å². The molecule has 2 nitrogen and oxygen atoms in total. The van der Waals surface area contributed by atoms with Crippen molar-refractivity contribution in [3.63, 3.8) is 0 Å². The van der Waals surface area contributed by atoms with Crippen LogP contribution < -0.4 is 5.19 Å². The Morgan fingerprint density at radius 2 is 1.35 bits per heavy atom. The van der Waals surface area contributed by atoms with Crippen LogP contribution in [0.25, 0.3) is 0 Å². The minimum Gasteiger partial charge on any atom is -0.383 e. The molecule has 1 aliphatic heterocycles. The molecule has 0 amide bonds. The van der Waals surface area contributed by atoms with Crippen LogP contribution in [0.2, 0.25) is 6.55 Å². The first-order valence-electron chi connectivity index (χ1n) is 5.83. The van der Waals surface area contributed by atoms with Crippen LogP contribution in [0.1, 0.15) is 27.7 Å². The molecule has 94 valence electrons. The third-order valence-corrected chi connectivity index (χ3v) is 7.43. The highest BCUT2D eigenvalue weighted by Gasteiger charge is 2.57. The van der Waals surface area contributed by atoms with E-state index in [1.165, 1.54) is 5.19 Å². The first kappa shape index (κ1) is 13.3. The first-order chi connectivity index (χ1) is 7.66. The zero-order valence-corrected chi connectivity index (χ0v) is 13.6. The lowest BCUT2D eigenvalue weighted by atomic mass is 9.90. The van der Waals surface area contributed by atoms with Gasteiger partial charge in [-0.05, 0) is 51.6 Å². The van der Waals surface area contributed by atoms with Gasteiger partial charge in [-0.3, -0.25) is 0 Å². The monoisotopic (exact) mass is 314 g/mol. The molecule has 2 rings (SSSR count). The highest BCUT2D eigenvalue weighted by atomic mass is 79.9. The summed E-state index contributed by atoms with van der Waals surface area (Å²) in [5.74, 6) is 0. The minimum absolute atomic E-state index is 0.249. The van der Waals surface area contributed by atoms with Crippen LogP contribution in [0, 0.1) is 0 Å². The molecular weight excluding hydrogens is 296 g/mol. The standard InChI is InChI=1S/C13H19BrO2Si/c1-12(2)13(3,4)16-17(5,15-12)11-8-6-10(14)7-9-11/h6-9H,1-5H3. The average Bonchev–Trinajstić information content (AvgIpc) is 2.32. The van der Waals surface area contributed by atoms with Gasteiger partial charge in [0, 0.05) is 4.47 Å². The largest absolute Gasteiger partial charge is 0.383 e. The van der Waals surface area contributed by atoms with Crippen molar-refractivity contribution in [2.24, 2.45) is 0 Å². The van der Waals surface area contributed by atoms with Gasteiger partial charge in [0.25, 0.3) is 0 Å². The molecule has 4 heteroatoms. The summed E-state index contributed by atoms with van der Waals surface area (Å²) in [6.07, 6.45) is 0. The van der Waals surface area contributed by atoms with E-state index in [0.29, 0.717) is 0 Å². The molecule has 1 heterocycles. The summed E-state index contributed by atoms with van der Waals surface area (Å²) < 4.78 is 13.6. The van der Waals surface area contributed by atoms with E-state index >= 15 is 0 Å². The Morgan fingerprint density at radius 1 is 0.941 bits per heavy atom. The van der Waals surface area contributed by atoms with Crippen molar-refractivity contribution in [2.45, 2.75) is 45.4 Å². The van der Waals surface area contributed by atoms with Crippen LogP contribution in [0.15, 0.2) is 28.7 Å². The van der Waals surface area contributed by atoms with Gasteiger partial charge < -0.3 is 8.85 Å². The van der Waals surface area contributed by atoms with Crippen LogP contribution >= 0.6 is 15.9 Å². The van der Waals surface area contributed by atoms with E-state index in [4.69, 9.17) is 8.85 Å². The summed E-state index contributed by atoms with van der Waals surface area (Å²) >= 11 is 3.45. The number of halogens is 1. The zero-order chi connectivity index (χ0) is 12.9. The highest BCUT2D eigenvalue weighted by molar-refractivity contribution is 9.10. The van der Waals surface area contributed by atoms with E-state index in [9.17, 15) is 0 Å². The van der Waals surface area contributed by atoms with E-state index in [1.807, 2.05) is 12.1 Å². The lowest BCUT2D eigenvalue weighted by molar-refractivity contribution is 0.00578. The van der Waals surface area contributed by atoms with Gasteiger partial charge >= 0.3 is 8.56 Å². The molecule has 0 aromatic heterocycles. The molecular formula is C13H19BrO2Si. The Labute approximate surface area is 113 Å². The topological polar surface area (TPSA) is 18.5 Å². The van der Waals surface area contributed by atoms with Gasteiger partial charge in [-0.25, -0.2) is 0 Å². The third kappa shape index (κ3) is 2.23. The first-order valence-corrected chi connectivity index (χ1v) is 8.94. The fourth-order valence-electron chi connectivity index (χ4n) is 2.11. The second-order valence-electron chi connectivity index (χ2n) is 5.68. The summed E-state index contributed by atoms with van der Waals surface area (Å²) in [6.45, 7) is 10.5. The Morgan fingerprint density at radius 3 is 1.76 bits per heavy atom. The zero-order valence-electron chi connectivity index (χ0n) is 11.0. The van der Waals surface area contributed by atoms with E-state index in [2.05, 4.69) is 62.3 Å². The predicted octanol–water partition coefficient (Wildman–Crippen LogP) is 3.33. The lowest BCUT2D eigenvalue weighted by Crippen LogP contribution is -2.48. The number of hydrogen-bond acceptors (Lipinski definition) is 2. The number of hydrogen-bond donors (Lipinski definition) is 0. The van der Waals surface area contributed by atoms with Gasteiger partial charge in [0.15, 0.2) is 0 Å². The smallest absolute Gasteiger partial charge is 0.370 e. The summed E-state index contributed by atoms with van der Waals surface area (Å²) in [5.41, 5.74) is -0.498.